The van der Waals surface area contributed by atoms with Gasteiger partial charge in [0.25, 0.3) is 0 Å². The topological polar surface area (TPSA) is 194 Å². The van der Waals surface area contributed by atoms with E-state index < -0.39 is 53.8 Å². The van der Waals surface area contributed by atoms with Crippen molar-refractivity contribution in [3.8, 4) is 0 Å². The normalized spacial score (nSPS) is 14.9. The Morgan fingerprint density at radius 3 is 2.11 bits per heavy atom. The highest BCUT2D eigenvalue weighted by atomic mass is 32.2. The van der Waals surface area contributed by atoms with Crippen molar-refractivity contribution < 1.29 is 29.1 Å². The molecular formula is C25H39N5O6S. The van der Waals surface area contributed by atoms with E-state index in [2.05, 4.69) is 16.0 Å². The van der Waals surface area contributed by atoms with Gasteiger partial charge in [0, 0.05) is 6.42 Å². The minimum absolute atomic E-state index is 0.176. The van der Waals surface area contributed by atoms with Gasteiger partial charge in [0.2, 0.25) is 23.6 Å². The number of rotatable bonds is 17. The number of nitrogens with two attached hydrogens (primary N) is 2. The lowest BCUT2D eigenvalue weighted by molar-refractivity contribution is -0.142. The van der Waals surface area contributed by atoms with Crippen LogP contribution in [0.15, 0.2) is 30.3 Å². The number of nitrogens with one attached hydrogen (secondary N) is 3. The molecule has 0 bridgehead atoms. The molecule has 0 heterocycles. The molecule has 0 aliphatic carbocycles. The number of hydrogen-bond donors (Lipinski definition) is 6. The zero-order valence-corrected chi connectivity index (χ0v) is 22.4. The predicted molar refractivity (Wildman–Crippen MR) is 142 cm³/mol. The molecule has 4 amide bonds. The van der Waals surface area contributed by atoms with Crippen LogP contribution in [0.4, 0.5) is 0 Å². The Bertz CT molecular complexity index is 916. The number of aliphatic carboxylic acids is 1. The SMILES string of the molecule is CCC(C)C(NC(=O)C(N)Cc1ccccc1)C(=O)NC(CCSC)C(=O)NC(CCC(N)=O)C(=O)O. The largest absolute Gasteiger partial charge is 0.480 e. The van der Waals surface area contributed by atoms with E-state index in [1.807, 2.05) is 43.5 Å². The van der Waals surface area contributed by atoms with Crippen molar-refractivity contribution in [3.05, 3.63) is 35.9 Å². The van der Waals surface area contributed by atoms with Crippen LogP contribution >= 0.6 is 11.8 Å². The van der Waals surface area contributed by atoms with Gasteiger partial charge in [-0.15, -0.1) is 0 Å². The lowest BCUT2D eigenvalue weighted by atomic mass is 9.96. The van der Waals surface area contributed by atoms with Gasteiger partial charge in [-0.3, -0.25) is 19.2 Å². The maximum Gasteiger partial charge on any atom is 0.326 e. The first-order valence-corrected chi connectivity index (χ1v) is 13.6. The second kappa shape index (κ2) is 16.6. The monoisotopic (exact) mass is 537 g/mol. The van der Waals surface area contributed by atoms with Crippen molar-refractivity contribution in [1.29, 1.82) is 0 Å². The fourth-order valence-electron chi connectivity index (χ4n) is 3.51. The fraction of sp³-hybridized carbons (Fsp3) is 0.560. The van der Waals surface area contributed by atoms with E-state index in [1.165, 1.54) is 11.8 Å². The molecule has 0 radical (unpaired) electrons. The highest BCUT2D eigenvalue weighted by Crippen LogP contribution is 2.11. The van der Waals surface area contributed by atoms with Crippen LogP contribution in [-0.4, -0.2) is 70.9 Å². The van der Waals surface area contributed by atoms with E-state index >= 15 is 0 Å². The first kappa shape index (κ1) is 31.9. The molecule has 0 aliphatic heterocycles. The first-order chi connectivity index (χ1) is 17.5. The maximum absolute atomic E-state index is 13.2. The third kappa shape index (κ3) is 11.6. The lowest BCUT2D eigenvalue weighted by Crippen LogP contribution is -2.59. The van der Waals surface area contributed by atoms with Crippen molar-refractivity contribution >= 4 is 41.4 Å². The third-order valence-electron chi connectivity index (χ3n) is 5.97. The Morgan fingerprint density at radius 1 is 0.946 bits per heavy atom. The van der Waals surface area contributed by atoms with Gasteiger partial charge < -0.3 is 32.5 Å². The molecule has 1 aromatic carbocycles. The number of benzene rings is 1. The van der Waals surface area contributed by atoms with Crippen molar-refractivity contribution in [3.63, 3.8) is 0 Å². The quantitative estimate of drug-likeness (QED) is 0.162. The summed E-state index contributed by atoms with van der Waals surface area (Å²) in [6.07, 6.45) is 2.54. The Morgan fingerprint density at radius 2 is 1.57 bits per heavy atom. The van der Waals surface area contributed by atoms with E-state index in [-0.39, 0.29) is 25.2 Å². The summed E-state index contributed by atoms with van der Waals surface area (Å²) in [6, 6.07) is 5.05. The van der Waals surface area contributed by atoms with Gasteiger partial charge in [0.05, 0.1) is 6.04 Å². The Labute approximate surface area is 221 Å². The van der Waals surface area contributed by atoms with Crippen molar-refractivity contribution in [1.82, 2.24) is 16.0 Å². The number of carboxylic acid groups (broad SMARTS) is 1. The average molecular weight is 538 g/mol. The number of primary amides is 1. The van der Waals surface area contributed by atoms with Crippen LogP contribution in [-0.2, 0) is 30.4 Å². The van der Waals surface area contributed by atoms with Crippen LogP contribution < -0.4 is 27.4 Å². The predicted octanol–water partition coefficient (Wildman–Crippen LogP) is 0.160. The molecule has 8 N–H and O–H groups in total. The first-order valence-electron chi connectivity index (χ1n) is 12.2. The number of carboxylic acids is 1. The molecule has 1 aromatic rings. The highest BCUT2D eigenvalue weighted by Gasteiger charge is 2.32. The van der Waals surface area contributed by atoms with Crippen LogP contribution in [0.1, 0.15) is 45.1 Å². The molecule has 12 heteroatoms. The van der Waals surface area contributed by atoms with E-state index in [1.54, 1.807) is 6.92 Å². The third-order valence-corrected chi connectivity index (χ3v) is 6.61. The Kier molecular flexibility index (Phi) is 14.3. The molecule has 11 nitrogen and oxygen atoms in total. The number of carbonyl (C=O) groups is 5. The summed E-state index contributed by atoms with van der Waals surface area (Å²) in [5, 5.41) is 17.2. The minimum atomic E-state index is -1.34. The summed E-state index contributed by atoms with van der Waals surface area (Å²) < 4.78 is 0. The Balaban J connectivity index is 2.96. The van der Waals surface area contributed by atoms with Crippen LogP contribution in [0.2, 0.25) is 0 Å². The standard InChI is InChI=1S/C25H39N5O6S/c1-4-15(2)21(30-22(32)17(26)14-16-8-6-5-7-9-16)24(34)28-18(12-13-37-3)23(33)29-19(25(35)36)10-11-20(27)31/h5-9,15,17-19,21H,4,10-14,26H2,1-3H3,(H2,27,31)(H,28,34)(H,29,33)(H,30,32)(H,35,36). The fourth-order valence-corrected chi connectivity index (χ4v) is 3.98. The molecule has 0 saturated heterocycles. The van der Waals surface area contributed by atoms with Gasteiger partial charge in [0.1, 0.15) is 18.1 Å². The smallest absolute Gasteiger partial charge is 0.326 e. The average Bonchev–Trinajstić information content (AvgIpc) is 2.86. The minimum Gasteiger partial charge on any atom is -0.480 e. The molecule has 0 spiro atoms. The van der Waals surface area contributed by atoms with Crippen LogP contribution in [0.25, 0.3) is 0 Å². The zero-order valence-electron chi connectivity index (χ0n) is 21.6. The summed E-state index contributed by atoms with van der Waals surface area (Å²) >= 11 is 1.45. The Hall–Kier alpha value is -3.12. The molecule has 0 aliphatic rings. The van der Waals surface area contributed by atoms with Gasteiger partial charge >= 0.3 is 5.97 Å². The summed E-state index contributed by atoms with van der Waals surface area (Å²) in [5.41, 5.74) is 12.1. The van der Waals surface area contributed by atoms with Gasteiger partial charge in [-0.2, -0.15) is 11.8 Å². The summed E-state index contributed by atoms with van der Waals surface area (Å²) in [6.45, 7) is 3.67. The molecule has 5 unspecified atom stereocenters. The van der Waals surface area contributed by atoms with Gasteiger partial charge in [0.15, 0.2) is 0 Å². The number of carbonyl (C=O) groups excluding carboxylic acids is 4. The number of thioether (sulfide) groups is 1. The van der Waals surface area contributed by atoms with Crippen molar-refractivity contribution in [2.45, 2.75) is 70.1 Å². The molecule has 37 heavy (non-hydrogen) atoms. The molecule has 0 fully saturated rings. The molecule has 0 aromatic heterocycles. The van der Waals surface area contributed by atoms with E-state index in [9.17, 15) is 29.1 Å². The van der Waals surface area contributed by atoms with E-state index in [0.29, 0.717) is 18.6 Å². The summed E-state index contributed by atoms with van der Waals surface area (Å²) in [7, 11) is 0. The van der Waals surface area contributed by atoms with E-state index in [4.69, 9.17) is 11.5 Å². The van der Waals surface area contributed by atoms with Crippen LogP contribution in [0.5, 0.6) is 0 Å². The lowest BCUT2D eigenvalue weighted by Gasteiger charge is -2.28. The van der Waals surface area contributed by atoms with Crippen LogP contribution in [0.3, 0.4) is 0 Å². The molecule has 206 valence electrons. The molecule has 1 rings (SSSR count). The van der Waals surface area contributed by atoms with Gasteiger partial charge in [-0.1, -0.05) is 50.6 Å². The van der Waals surface area contributed by atoms with Crippen LogP contribution in [0, 0.1) is 5.92 Å². The second-order valence-corrected chi connectivity index (χ2v) is 9.90. The van der Waals surface area contributed by atoms with Crippen molar-refractivity contribution in [2.24, 2.45) is 17.4 Å². The molecule has 5 atom stereocenters. The highest BCUT2D eigenvalue weighted by molar-refractivity contribution is 7.98. The zero-order chi connectivity index (χ0) is 28.0. The maximum atomic E-state index is 13.2. The molecule has 0 saturated carbocycles. The molecular weight excluding hydrogens is 498 g/mol. The summed E-state index contributed by atoms with van der Waals surface area (Å²) in [4.78, 5) is 61.6. The number of hydrogen-bond acceptors (Lipinski definition) is 7. The number of amides is 4. The van der Waals surface area contributed by atoms with Gasteiger partial charge in [-0.25, -0.2) is 4.79 Å². The second-order valence-electron chi connectivity index (χ2n) is 8.92. The van der Waals surface area contributed by atoms with Gasteiger partial charge in [-0.05, 0) is 42.8 Å². The summed E-state index contributed by atoms with van der Waals surface area (Å²) in [5.74, 6) is -3.52. The van der Waals surface area contributed by atoms with Crippen molar-refractivity contribution in [2.75, 3.05) is 12.0 Å². The van der Waals surface area contributed by atoms with E-state index in [0.717, 1.165) is 5.56 Å².